The van der Waals surface area contributed by atoms with E-state index in [1.807, 2.05) is 7.05 Å². The van der Waals surface area contributed by atoms with E-state index in [1.165, 1.54) is 12.1 Å². The number of sulfonamides is 1. The first-order chi connectivity index (χ1) is 11.8. The van der Waals surface area contributed by atoms with Gasteiger partial charge in [0.15, 0.2) is 0 Å². The second-order valence-corrected chi connectivity index (χ2v) is 8.09. The van der Waals surface area contributed by atoms with Crippen LogP contribution in [0.2, 0.25) is 5.02 Å². The Bertz CT molecular complexity index is 859. The molecule has 0 spiro atoms. The number of likely N-dealkylation sites (N-methyl/N-ethyl adjacent to an activating group) is 1. The van der Waals surface area contributed by atoms with E-state index in [4.69, 9.17) is 16.3 Å². The van der Waals surface area contributed by atoms with Gasteiger partial charge in [-0.3, -0.25) is 4.72 Å². The van der Waals surface area contributed by atoms with Crippen LogP contribution in [0, 0.1) is 5.82 Å². The number of likely N-dealkylation sites (tertiary alicyclic amines) is 1. The van der Waals surface area contributed by atoms with Crippen molar-refractivity contribution in [3.63, 3.8) is 0 Å². The van der Waals surface area contributed by atoms with Crippen LogP contribution in [0.1, 0.15) is 6.42 Å². The number of anilines is 1. The predicted octanol–water partition coefficient (Wildman–Crippen LogP) is 3.36. The molecule has 1 unspecified atom stereocenters. The van der Waals surface area contributed by atoms with Crippen molar-refractivity contribution in [1.29, 1.82) is 0 Å². The summed E-state index contributed by atoms with van der Waals surface area (Å²) in [7, 11) is -1.81. The summed E-state index contributed by atoms with van der Waals surface area (Å²) in [6.07, 6.45) is 0.907. The summed E-state index contributed by atoms with van der Waals surface area (Å²) in [5.41, 5.74) is 0.329. The summed E-state index contributed by atoms with van der Waals surface area (Å²) in [6, 6.07) is 9.30. The minimum Gasteiger partial charge on any atom is -0.487 e. The van der Waals surface area contributed by atoms with Crippen molar-refractivity contribution in [2.24, 2.45) is 0 Å². The Morgan fingerprint density at radius 1 is 1.24 bits per heavy atom. The second-order valence-electron chi connectivity index (χ2n) is 6.00. The molecule has 5 nitrogen and oxygen atoms in total. The van der Waals surface area contributed by atoms with Crippen molar-refractivity contribution >= 4 is 27.3 Å². The number of hydrogen-bond acceptors (Lipinski definition) is 4. The molecule has 0 aromatic heterocycles. The molecule has 0 saturated carbocycles. The number of ether oxygens (including phenoxy) is 1. The summed E-state index contributed by atoms with van der Waals surface area (Å²) in [5, 5.41) is 0.416. The van der Waals surface area contributed by atoms with E-state index in [1.54, 1.807) is 18.2 Å². The Labute approximate surface area is 151 Å². The maximum atomic E-state index is 13.0. The molecule has 0 amide bonds. The lowest BCUT2D eigenvalue weighted by Crippen LogP contribution is -2.21. The molecule has 1 N–H and O–H groups in total. The molecule has 3 rings (SSSR count). The molecular weight excluding hydrogens is 367 g/mol. The largest absolute Gasteiger partial charge is 0.487 e. The fraction of sp³-hybridized carbons (Fsp3) is 0.294. The van der Waals surface area contributed by atoms with Crippen molar-refractivity contribution in [2.75, 3.05) is 24.9 Å². The zero-order valence-electron chi connectivity index (χ0n) is 13.6. The summed E-state index contributed by atoms with van der Waals surface area (Å²) >= 11 is 6.16. The van der Waals surface area contributed by atoms with Gasteiger partial charge in [0.2, 0.25) is 0 Å². The van der Waals surface area contributed by atoms with Crippen molar-refractivity contribution in [2.45, 2.75) is 17.4 Å². The lowest BCUT2D eigenvalue weighted by Gasteiger charge is -2.16. The van der Waals surface area contributed by atoms with Gasteiger partial charge in [-0.2, -0.15) is 0 Å². The van der Waals surface area contributed by atoms with Gasteiger partial charge in [-0.05, 0) is 49.9 Å². The van der Waals surface area contributed by atoms with Gasteiger partial charge in [0.25, 0.3) is 10.0 Å². The number of nitrogens with zero attached hydrogens (tertiary/aromatic N) is 1. The molecule has 1 saturated heterocycles. The van der Waals surface area contributed by atoms with Gasteiger partial charge in [-0.1, -0.05) is 11.6 Å². The first kappa shape index (κ1) is 18.0. The number of benzene rings is 2. The fourth-order valence-corrected chi connectivity index (χ4v) is 3.87. The third-order valence-corrected chi connectivity index (χ3v) is 5.66. The van der Waals surface area contributed by atoms with Crippen LogP contribution in [0.3, 0.4) is 0 Å². The Morgan fingerprint density at radius 2 is 1.96 bits per heavy atom. The fourth-order valence-electron chi connectivity index (χ4n) is 2.66. The summed E-state index contributed by atoms with van der Waals surface area (Å²) in [6.45, 7) is 1.74. The molecule has 1 aliphatic rings. The van der Waals surface area contributed by atoms with Gasteiger partial charge in [0.05, 0.1) is 15.6 Å². The number of rotatable bonds is 5. The molecule has 8 heteroatoms. The molecule has 1 aliphatic heterocycles. The molecule has 25 heavy (non-hydrogen) atoms. The molecule has 0 aliphatic carbocycles. The van der Waals surface area contributed by atoms with Gasteiger partial charge in [0, 0.05) is 19.2 Å². The molecular formula is C17H18ClFN2O3S. The molecule has 0 radical (unpaired) electrons. The van der Waals surface area contributed by atoms with Gasteiger partial charge in [-0.25, -0.2) is 12.8 Å². The highest BCUT2D eigenvalue weighted by Gasteiger charge is 2.22. The smallest absolute Gasteiger partial charge is 0.261 e. The van der Waals surface area contributed by atoms with E-state index < -0.39 is 15.8 Å². The van der Waals surface area contributed by atoms with Gasteiger partial charge in [0.1, 0.15) is 17.7 Å². The highest BCUT2D eigenvalue weighted by molar-refractivity contribution is 7.92. The van der Waals surface area contributed by atoms with E-state index in [0.29, 0.717) is 16.5 Å². The van der Waals surface area contributed by atoms with Gasteiger partial charge < -0.3 is 9.64 Å². The Morgan fingerprint density at radius 3 is 2.60 bits per heavy atom. The zero-order chi connectivity index (χ0) is 18.0. The van der Waals surface area contributed by atoms with Crippen molar-refractivity contribution in [1.82, 2.24) is 4.90 Å². The highest BCUT2D eigenvalue weighted by Crippen LogP contribution is 2.31. The first-order valence-corrected chi connectivity index (χ1v) is 9.63. The molecule has 2 aromatic carbocycles. The normalized spacial score (nSPS) is 18.3. The van der Waals surface area contributed by atoms with Crippen LogP contribution >= 0.6 is 11.6 Å². The maximum Gasteiger partial charge on any atom is 0.261 e. The van der Waals surface area contributed by atoms with Gasteiger partial charge >= 0.3 is 0 Å². The van der Waals surface area contributed by atoms with Crippen molar-refractivity contribution in [3.05, 3.63) is 53.3 Å². The average molecular weight is 385 g/mol. The maximum absolute atomic E-state index is 13.0. The third-order valence-electron chi connectivity index (χ3n) is 3.95. The predicted molar refractivity (Wildman–Crippen MR) is 95.2 cm³/mol. The monoisotopic (exact) mass is 384 g/mol. The quantitative estimate of drug-likeness (QED) is 0.858. The lowest BCUT2D eigenvalue weighted by atomic mass is 10.3. The molecule has 1 fully saturated rings. The van der Waals surface area contributed by atoms with Crippen LogP contribution in [-0.2, 0) is 10.0 Å². The summed E-state index contributed by atoms with van der Waals surface area (Å²) < 4.78 is 46.1. The van der Waals surface area contributed by atoms with E-state index in [2.05, 4.69) is 9.62 Å². The van der Waals surface area contributed by atoms with Gasteiger partial charge in [-0.15, -0.1) is 0 Å². The molecule has 2 aromatic rings. The minimum absolute atomic E-state index is 0.0199. The third kappa shape index (κ3) is 4.42. The lowest BCUT2D eigenvalue weighted by molar-refractivity contribution is 0.208. The van der Waals surface area contributed by atoms with Crippen molar-refractivity contribution in [3.8, 4) is 5.75 Å². The van der Waals surface area contributed by atoms with Crippen LogP contribution < -0.4 is 9.46 Å². The van der Waals surface area contributed by atoms with Crippen LogP contribution in [0.15, 0.2) is 47.4 Å². The number of nitrogens with one attached hydrogen (secondary N) is 1. The topological polar surface area (TPSA) is 58.6 Å². The number of halogens is 2. The molecule has 134 valence electrons. The minimum atomic E-state index is -3.82. The standard InChI is InChI=1S/C17H18ClFN2O3S/c1-21-9-8-14(11-21)24-17-10-13(4-7-16(17)18)20-25(22,23)15-5-2-12(19)3-6-15/h2-7,10,14,20H,8-9,11H2,1H3. The van der Waals surface area contributed by atoms with Crippen LogP contribution in [0.25, 0.3) is 0 Å². The number of hydrogen-bond donors (Lipinski definition) is 1. The Balaban J connectivity index is 1.78. The molecule has 1 heterocycles. The van der Waals surface area contributed by atoms with E-state index in [-0.39, 0.29) is 11.0 Å². The van der Waals surface area contributed by atoms with Crippen LogP contribution in [0.5, 0.6) is 5.75 Å². The average Bonchev–Trinajstić information content (AvgIpc) is 2.96. The van der Waals surface area contributed by atoms with Crippen LogP contribution in [-0.4, -0.2) is 39.6 Å². The SMILES string of the molecule is CN1CCC(Oc2cc(NS(=O)(=O)c3ccc(F)cc3)ccc2Cl)C1. The second kappa shape index (κ2) is 7.19. The summed E-state index contributed by atoms with van der Waals surface area (Å²) in [5.74, 6) is -0.0658. The van der Waals surface area contributed by atoms with Crippen LogP contribution in [0.4, 0.5) is 10.1 Å². The Kier molecular flexibility index (Phi) is 5.17. The van der Waals surface area contributed by atoms with E-state index in [0.717, 1.165) is 31.6 Å². The van der Waals surface area contributed by atoms with E-state index in [9.17, 15) is 12.8 Å². The first-order valence-electron chi connectivity index (χ1n) is 7.76. The Hall–Kier alpha value is -1.83. The molecule has 1 atom stereocenters. The highest BCUT2D eigenvalue weighted by atomic mass is 35.5. The van der Waals surface area contributed by atoms with Crippen molar-refractivity contribution < 1.29 is 17.5 Å². The van der Waals surface area contributed by atoms with E-state index >= 15 is 0 Å². The molecule has 0 bridgehead atoms. The summed E-state index contributed by atoms with van der Waals surface area (Å²) in [4.78, 5) is 2.13. The zero-order valence-corrected chi connectivity index (χ0v) is 15.1.